The molecule has 4 nitrogen and oxygen atoms in total. The molecule has 4 heteroatoms. The summed E-state index contributed by atoms with van der Waals surface area (Å²) in [7, 11) is 0. The molecule has 0 aliphatic carbocycles. The number of nitrogens with one attached hydrogen (secondary N) is 1. The maximum atomic E-state index is 11.8. The van der Waals surface area contributed by atoms with Gasteiger partial charge in [-0.15, -0.1) is 0 Å². The van der Waals surface area contributed by atoms with Crippen molar-refractivity contribution in [3.63, 3.8) is 0 Å². The van der Waals surface area contributed by atoms with E-state index in [1.807, 2.05) is 42.5 Å². The fourth-order valence-electron chi connectivity index (χ4n) is 1.69. The molecule has 0 saturated carbocycles. The van der Waals surface area contributed by atoms with Gasteiger partial charge in [0, 0.05) is 13.0 Å². The lowest BCUT2D eigenvalue weighted by Gasteiger charge is -2.11. The van der Waals surface area contributed by atoms with Gasteiger partial charge in [-0.1, -0.05) is 30.3 Å². The van der Waals surface area contributed by atoms with Gasteiger partial charge in [0.15, 0.2) is 0 Å². The molecule has 3 N–H and O–H groups in total. The van der Waals surface area contributed by atoms with E-state index in [1.165, 1.54) is 0 Å². The largest absolute Gasteiger partial charge is 0.469 e. The molecule has 1 amide bonds. The standard InChI is InChI=1S/C14H16N2O2/c15-13(11-5-2-1-3-6-11)14(17)16-9-8-12-7-4-10-18-12/h1-7,10,13H,8-9,15H2,(H,16,17). The fraction of sp³-hybridized carbons (Fsp3) is 0.214. The Hall–Kier alpha value is -2.07. The van der Waals surface area contributed by atoms with Crippen LogP contribution in [0.3, 0.4) is 0 Å². The minimum atomic E-state index is -0.622. The van der Waals surface area contributed by atoms with Crippen LogP contribution in [0.5, 0.6) is 0 Å². The number of furan rings is 1. The van der Waals surface area contributed by atoms with E-state index in [-0.39, 0.29) is 5.91 Å². The minimum absolute atomic E-state index is 0.173. The quantitative estimate of drug-likeness (QED) is 0.840. The average molecular weight is 244 g/mol. The van der Waals surface area contributed by atoms with Gasteiger partial charge in [0.25, 0.3) is 0 Å². The Kier molecular flexibility index (Phi) is 4.15. The van der Waals surface area contributed by atoms with E-state index in [9.17, 15) is 4.79 Å². The summed E-state index contributed by atoms with van der Waals surface area (Å²) in [6, 6.07) is 12.4. The summed E-state index contributed by atoms with van der Waals surface area (Å²) in [6.07, 6.45) is 2.28. The van der Waals surface area contributed by atoms with Gasteiger partial charge in [-0.05, 0) is 17.7 Å². The van der Waals surface area contributed by atoms with Crippen molar-refractivity contribution in [3.8, 4) is 0 Å². The maximum Gasteiger partial charge on any atom is 0.241 e. The molecular weight excluding hydrogens is 228 g/mol. The van der Waals surface area contributed by atoms with Gasteiger partial charge in [0.2, 0.25) is 5.91 Å². The van der Waals surface area contributed by atoms with Crippen molar-refractivity contribution in [3.05, 3.63) is 60.1 Å². The van der Waals surface area contributed by atoms with Crippen LogP contribution in [0.2, 0.25) is 0 Å². The molecule has 2 rings (SSSR count). The number of hydrogen-bond acceptors (Lipinski definition) is 3. The number of hydrogen-bond donors (Lipinski definition) is 2. The number of nitrogens with two attached hydrogens (primary N) is 1. The fourth-order valence-corrected chi connectivity index (χ4v) is 1.69. The average Bonchev–Trinajstić information content (AvgIpc) is 2.92. The summed E-state index contributed by atoms with van der Waals surface area (Å²) < 4.78 is 5.18. The summed E-state index contributed by atoms with van der Waals surface area (Å²) in [5.74, 6) is 0.677. The highest BCUT2D eigenvalue weighted by Gasteiger charge is 2.14. The molecule has 1 atom stereocenters. The van der Waals surface area contributed by atoms with Crippen molar-refractivity contribution >= 4 is 5.91 Å². The second kappa shape index (κ2) is 6.02. The normalized spacial score (nSPS) is 12.1. The second-order valence-electron chi connectivity index (χ2n) is 4.01. The Bertz CT molecular complexity index is 480. The van der Waals surface area contributed by atoms with Gasteiger partial charge in [-0.3, -0.25) is 4.79 Å². The summed E-state index contributed by atoms with van der Waals surface area (Å²) in [5, 5.41) is 2.80. The predicted molar refractivity (Wildman–Crippen MR) is 68.8 cm³/mol. The van der Waals surface area contributed by atoms with Crippen molar-refractivity contribution in [2.75, 3.05) is 6.54 Å². The zero-order valence-corrected chi connectivity index (χ0v) is 10.0. The van der Waals surface area contributed by atoms with Crippen LogP contribution < -0.4 is 11.1 Å². The second-order valence-corrected chi connectivity index (χ2v) is 4.01. The lowest BCUT2D eigenvalue weighted by molar-refractivity contribution is -0.122. The van der Waals surface area contributed by atoms with Crippen LogP contribution in [-0.4, -0.2) is 12.5 Å². The summed E-state index contributed by atoms with van der Waals surface area (Å²) >= 11 is 0. The third-order valence-electron chi connectivity index (χ3n) is 2.69. The van der Waals surface area contributed by atoms with Crippen molar-refractivity contribution in [2.24, 2.45) is 5.73 Å². The first-order valence-corrected chi connectivity index (χ1v) is 5.88. The molecule has 0 spiro atoms. The highest BCUT2D eigenvalue weighted by atomic mass is 16.3. The number of rotatable bonds is 5. The van der Waals surface area contributed by atoms with Crippen LogP contribution in [0.4, 0.5) is 0 Å². The van der Waals surface area contributed by atoms with Crippen molar-refractivity contribution < 1.29 is 9.21 Å². The van der Waals surface area contributed by atoms with Crippen LogP contribution in [-0.2, 0) is 11.2 Å². The van der Waals surface area contributed by atoms with Gasteiger partial charge in [0.1, 0.15) is 11.8 Å². The summed E-state index contributed by atoms with van der Waals surface area (Å²) in [5.41, 5.74) is 6.68. The zero-order chi connectivity index (χ0) is 12.8. The lowest BCUT2D eigenvalue weighted by atomic mass is 10.1. The predicted octanol–water partition coefficient (Wildman–Crippen LogP) is 1.64. The highest BCUT2D eigenvalue weighted by Crippen LogP contribution is 2.09. The van der Waals surface area contributed by atoms with E-state index in [0.717, 1.165) is 11.3 Å². The molecule has 1 aromatic carbocycles. The Labute approximate surface area is 106 Å². The maximum absolute atomic E-state index is 11.8. The number of carbonyl (C=O) groups is 1. The van der Waals surface area contributed by atoms with Crippen LogP contribution in [0.25, 0.3) is 0 Å². The van der Waals surface area contributed by atoms with E-state index in [1.54, 1.807) is 6.26 Å². The smallest absolute Gasteiger partial charge is 0.241 e. The minimum Gasteiger partial charge on any atom is -0.469 e. The van der Waals surface area contributed by atoms with Gasteiger partial charge < -0.3 is 15.5 Å². The molecule has 0 aliphatic heterocycles. The lowest BCUT2D eigenvalue weighted by Crippen LogP contribution is -2.35. The SMILES string of the molecule is NC(C(=O)NCCc1ccco1)c1ccccc1. The molecule has 0 aliphatic rings. The molecule has 1 unspecified atom stereocenters. The molecule has 1 aromatic heterocycles. The molecular formula is C14H16N2O2. The van der Waals surface area contributed by atoms with Crippen LogP contribution in [0.1, 0.15) is 17.4 Å². The molecule has 18 heavy (non-hydrogen) atoms. The van der Waals surface area contributed by atoms with Crippen LogP contribution >= 0.6 is 0 Å². The summed E-state index contributed by atoms with van der Waals surface area (Å²) in [6.45, 7) is 0.521. The molecule has 0 bridgehead atoms. The van der Waals surface area contributed by atoms with E-state index in [0.29, 0.717) is 13.0 Å². The van der Waals surface area contributed by atoms with Gasteiger partial charge in [0.05, 0.1) is 6.26 Å². The molecule has 0 saturated heterocycles. The van der Waals surface area contributed by atoms with E-state index >= 15 is 0 Å². The molecule has 0 fully saturated rings. The molecule has 0 radical (unpaired) electrons. The van der Waals surface area contributed by atoms with E-state index < -0.39 is 6.04 Å². The Morgan fingerprint density at radius 3 is 2.67 bits per heavy atom. The molecule has 2 aromatic rings. The number of benzene rings is 1. The van der Waals surface area contributed by atoms with Crippen LogP contribution in [0.15, 0.2) is 53.1 Å². The number of carbonyl (C=O) groups excluding carboxylic acids is 1. The number of amides is 1. The van der Waals surface area contributed by atoms with Gasteiger partial charge in [-0.25, -0.2) is 0 Å². The third kappa shape index (κ3) is 3.21. The first kappa shape index (κ1) is 12.4. The topological polar surface area (TPSA) is 68.3 Å². The first-order chi connectivity index (χ1) is 8.77. The first-order valence-electron chi connectivity index (χ1n) is 5.88. The van der Waals surface area contributed by atoms with Gasteiger partial charge in [-0.2, -0.15) is 0 Å². The third-order valence-corrected chi connectivity index (χ3v) is 2.69. The van der Waals surface area contributed by atoms with Gasteiger partial charge >= 0.3 is 0 Å². The van der Waals surface area contributed by atoms with Crippen LogP contribution in [0, 0.1) is 0 Å². The Balaban J connectivity index is 1.81. The Morgan fingerprint density at radius 1 is 1.22 bits per heavy atom. The molecule has 1 heterocycles. The highest BCUT2D eigenvalue weighted by molar-refractivity contribution is 5.82. The van der Waals surface area contributed by atoms with Crippen molar-refractivity contribution in [1.82, 2.24) is 5.32 Å². The molecule has 94 valence electrons. The summed E-state index contributed by atoms with van der Waals surface area (Å²) in [4.78, 5) is 11.8. The zero-order valence-electron chi connectivity index (χ0n) is 10.0. The van der Waals surface area contributed by atoms with E-state index in [2.05, 4.69) is 5.32 Å². The Morgan fingerprint density at radius 2 is 2.00 bits per heavy atom. The van der Waals surface area contributed by atoms with Crippen molar-refractivity contribution in [1.29, 1.82) is 0 Å². The monoisotopic (exact) mass is 244 g/mol. The van der Waals surface area contributed by atoms with E-state index in [4.69, 9.17) is 10.2 Å². The van der Waals surface area contributed by atoms with Crippen molar-refractivity contribution in [2.45, 2.75) is 12.5 Å².